The maximum Gasteiger partial charge on any atom is 0.272 e. The molecule has 104 valence electrons. The summed E-state index contributed by atoms with van der Waals surface area (Å²) in [5, 5.41) is 11.0. The Morgan fingerprint density at radius 2 is 2.00 bits per heavy atom. The van der Waals surface area contributed by atoms with Crippen molar-refractivity contribution in [3.63, 3.8) is 0 Å². The van der Waals surface area contributed by atoms with E-state index in [0.29, 0.717) is 4.83 Å². The van der Waals surface area contributed by atoms with Gasteiger partial charge in [0, 0.05) is 16.5 Å². The highest BCUT2D eigenvalue weighted by molar-refractivity contribution is 9.09. The second-order valence-electron chi connectivity index (χ2n) is 5.42. The Kier molecular flexibility index (Phi) is 5.37. The number of nitro benzene ring substituents is 1. The molecule has 1 aliphatic carbocycles. The quantitative estimate of drug-likeness (QED) is 0.425. The summed E-state index contributed by atoms with van der Waals surface area (Å²) in [6.07, 6.45) is 8.58. The molecular formula is C15H20BrNO2. The van der Waals surface area contributed by atoms with Crippen LogP contribution >= 0.6 is 15.9 Å². The van der Waals surface area contributed by atoms with Gasteiger partial charge in [-0.25, -0.2) is 0 Å². The molecule has 3 nitrogen and oxygen atoms in total. The Morgan fingerprint density at radius 3 is 2.68 bits per heavy atom. The second-order valence-corrected chi connectivity index (χ2v) is 6.71. The molecule has 1 saturated carbocycles. The van der Waals surface area contributed by atoms with Gasteiger partial charge >= 0.3 is 0 Å². The maximum atomic E-state index is 11.0. The highest BCUT2D eigenvalue weighted by Crippen LogP contribution is 2.31. The smallest absolute Gasteiger partial charge is 0.258 e. The van der Waals surface area contributed by atoms with Crippen LogP contribution in [0.25, 0.3) is 0 Å². The van der Waals surface area contributed by atoms with Crippen LogP contribution in [0.1, 0.15) is 44.1 Å². The molecule has 0 aliphatic heterocycles. The van der Waals surface area contributed by atoms with Gasteiger partial charge in [-0.3, -0.25) is 10.1 Å². The number of alkyl halides is 1. The molecule has 2 rings (SSSR count). The van der Waals surface area contributed by atoms with Crippen molar-refractivity contribution < 1.29 is 4.92 Å². The first-order chi connectivity index (χ1) is 9.16. The predicted molar refractivity (Wildman–Crippen MR) is 80.7 cm³/mol. The topological polar surface area (TPSA) is 43.1 Å². The van der Waals surface area contributed by atoms with E-state index in [9.17, 15) is 10.1 Å². The van der Waals surface area contributed by atoms with Crippen molar-refractivity contribution in [3.8, 4) is 0 Å². The highest BCUT2D eigenvalue weighted by atomic mass is 79.9. The van der Waals surface area contributed by atoms with Crippen molar-refractivity contribution in [2.24, 2.45) is 5.92 Å². The minimum absolute atomic E-state index is 0.243. The molecule has 1 fully saturated rings. The van der Waals surface area contributed by atoms with Crippen LogP contribution < -0.4 is 0 Å². The molecule has 0 aromatic heterocycles. The lowest BCUT2D eigenvalue weighted by Gasteiger charge is -2.13. The SMILES string of the molecule is O=[N+]([O-])c1ccccc1CC(Br)CCC1CCCC1. The molecule has 0 radical (unpaired) electrons. The molecule has 0 amide bonds. The van der Waals surface area contributed by atoms with Gasteiger partial charge in [0.2, 0.25) is 0 Å². The zero-order valence-electron chi connectivity index (χ0n) is 11.1. The van der Waals surface area contributed by atoms with Gasteiger partial charge in [-0.2, -0.15) is 0 Å². The average molecular weight is 326 g/mol. The first-order valence-electron chi connectivity index (χ1n) is 7.03. The Bertz CT molecular complexity index is 430. The number of nitrogens with zero attached hydrogens (tertiary/aromatic N) is 1. The van der Waals surface area contributed by atoms with Gasteiger partial charge in [-0.1, -0.05) is 59.8 Å². The largest absolute Gasteiger partial charge is 0.272 e. The van der Waals surface area contributed by atoms with Gasteiger partial charge in [0.15, 0.2) is 0 Å². The molecule has 1 aliphatic rings. The molecule has 0 heterocycles. The molecule has 0 bridgehead atoms. The van der Waals surface area contributed by atoms with E-state index >= 15 is 0 Å². The van der Waals surface area contributed by atoms with Gasteiger partial charge < -0.3 is 0 Å². The Morgan fingerprint density at radius 1 is 1.32 bits per heavy atom. The van der Waals surface area contributed by atoms with E-state index in [1.165, 1.54) is 32.1 Å². The van der Waals surface area contributed by atoms with E-state index in [1.807, 2.05) is 12.1 Å². The van der Waals surface area contributed by atoms with Crippen molar-refractivity contribution in [1.82, 2.24) is 0 Å². The first-order valence-corrected chi connectivity index (χ1v) is 7.94. The number of hydrogen-bond donors (Lipinski definition) is 0. The highest BCUT2D eigenvalue weighted by Gasteiger charge is 2.19. The lowest BCUT2D eigenvalue weighted by molar-refractivity contribution is -0.385. The summed E-state index contributed by atoms with van der Waals surface area (Å²) < 4.78 is 0. The van der Waals surface area contributed by atoms with E-state index in [2.05, 4.69) is 15.9 Å². The molecular weight excluding hydrogens is 306 g/mol. The third-order valence-electron chi connectivity index (χ3n) is 3.99. The van der Waals surface area contributed by atoms with Gasteiger partial charge in [0.1, 0.15) is 0 Å². The molecule has 4 heteroatoms. The summed E-state index contributed by atoms with van der Waals surface area (Å²) in [6, 6.07) is 7.05. The minimum atomic E-state index is -0.286. The molecule has 1 atom stereocenters. The van der Waals surface area contributed by atoms with Crippen molar-refractivity contribution in [2.45, 2.75) is 49.8 Å². The molecule has 0 N–H and O–H groups in total. The van der Waals surface area contributed by atoms with E-state index in [-0.39, 0.29) is 10.6 Å². The lowest BCUT2D eigenvalue weighted by Crippen LogP contribution is -2.07. The predicted octanol–water partition coefficient (Wildman–Crippen LogP) is 4.87. The summed E-state index contributed by atoms with van der Waals surface area (Å²) in [5.74, 6) is 0.880. The molecule has 1 unspecified atom stereocenters. The lowest BCUT2D eigenvalue weighted by atomic mass is 9.98. The van der Waals surface area contributed by atoms with E-state index in [4.69, 9.17) is 0 Å². The standard InChI is InChI=1S/C15H20BrNO2/c16-14(10-9-12-5-1-2-6-12)11-13-7-3-4-8-15(13)17(18)19/h3-4,7-8,12,14H,1-2,5-6,9-11H2. The number of rotatable bonds is 6. The minimum Gasteiger partial charge on any atom is -0.258 e. The van der Waals surface area contributed by atoms with Crippen molar-refractivity contribution in [2.75, 3.05) is 0 Å². The third-order valence-corrected chi connectivity index (χ3v) is 4.77. The van der Waals surface area contributed by atoms with Crippen LogP contribution in [-0.4, -0.2) is 9.75 Å². The Hall–Kier alpha value is -0.900. The van der Waals surface area contributed by atoms with Gasteiger partial charge in [-0.05, 0) is 25.2 Å². The van der Waals surface area contributed by atoms with Crippen LogP contribution in [0.15, 0.2) is 24.3 Å². The first kappa shape index (κ1) is 14.5. The van der Waals surface area contributed by atoms with Crippen LogP contribution in [0, 0.1) is 16.0 Å². The van der Waals surface area contributed by atoms with Crippen LogP contribution in [0.4, 0.5) is 5.69 Å². The van der Waals surface area contributed by atoms with Gasteiger partial charge in [-0.15, -0.1) is 0 Å². The number of para-hydroxylation sites is 1. The fourth-order valence-electron chi connectivity index (χ4n) is 2.92. The summed E-state index contributed by atoms with van der Waals surface area (Å²) >= 11 is 3.68. The summed E-state index contributed by atoms with van der Waals surface area (Å²) in [7, 11) is 0. The molecule has 1 aromatic carbocycles. The monoisotopic (exact) mass is 325 g/mol. The van der Waals surface area contributed by atoms with Crippen LogP contribution in [0.2, 0.25) is 0 Å². The van der Waals surface area contributed by atoms with E-state index < -0.39 is 0 Å². The number of halogens is 1. The van der Waals surface area contributed by atoms with Crippen molar-refractivity contribution in [1.29, 1.82) is 0 Å². The Labute approximate surface area is 122 Å². The zero-order valence-corrected chi connectivity index (χ0v) is 12.6. The normalized spacial score (nSPS) is 17.5. The Balaban J connectivity index is 1.87. The third kappa shape index (κ3) is 4.30. The van der Waals surface area contributed by atoms with Crippen LogP contribution in [0.5, 0.6) is 0 Å². The van der Waals surface area contributed by atoms with Crippen LogP contribution in [-0.2, 0) is 6.42 Å². The second kappa shape index (κ2) is 7.04. The van der Waals surface area contributed by atoms with Crippen LogP contribution in [0.3, 0.4) is 0 Å². The zero-order chi connectivity index (χ0) is 13.7. The molecule has 1 aromatic rings. The summed E-state index contributed by atoms with van der Waals surface area (Å²) in [6.45, 7) is 0. The molecule has 0 saturated heterocycles. The number of hydrogen-bond acceptors (Lipinski definition) is 2. The fraction of sp³-hybridized carbons (Fsp3) is 0.600. The van der Waals surface area contributed by atoms with Crippen molar-refractivity contribution in [3.05, 3.63) is 39.9 Å². The summed E-state index contributed by atoms with van der Waals surface area (Å²) in [4.78, 5) is 11.0. The van der Waals surface area contributed by atoms with Gasteiger partial charge in [0.05, 0.1) is 4.92 Å². The molecule has 19 heavy (non-hydrogen) atoms. The van der Waals surface area contributed by atoms with Gasteiger partial charge in [0.25, 0.3) is 5.69 Å². The number of benzene rings is 1. The fourth-order valence-corrected chi connectivity index (χ4v) is 3.53. The number of nitro groups is 1. The van der Waals surface area contributed by atoms with Crippen molar-refractivity contribution >= 4 is 21.6 Å². The van der Waals surface area contributed by atoms with E-state index in [0.717, 1.165) is 24.3 Å². The summed E-state index contributed by atoms with van der Waals surface area (Å²) in [5.41, 5.74) is 1.08. The average Bonchev–Trinajstić information content (AvgIpc) is 2.90. The van der Waals surface area contributed by atoms with E-state index in [1.54, 1.807) is 12.1 Å². The maximum absolute atomic E-state index is 11.0. The molecule has 0 spiro atoms.